The summed E-state index contributed by atoms with van der Waals surface area (Å²) in [4.78, 5) is 4.29. The Hall–Kier alpha value is -2.54. The number of nitrogens with zero attached hydrogens (tertiary/aromatic N) is 2. The Labute approximate surface area is 117 Å². The van der Waals surface area contributed by atoms with E-state index < -0.39 is 0 Å². The van der Waals surface area contributed by atoms with E-state index in [2.05, 4.69) is 17.1 Å². The molecule has 4 heteroatoms. The predicted molar refractivity (Wildman–Crippen MR) is 74.0 cm³/mol. The number of rotatable bonds is 2. The van der Waals surface area contributed by atoms with Crippen molar-refractivity contribution in [3.63, 3.8) is 0 Å². The van der Waals surface area contributed by atoms with E-state index in [9.17, 15) is 0 Å². The van der Waals surface area contributed by atoms with Gasteiger partial charge in [0.25, 0.3) is 0 Å². The highest BCUT2D eigenvalue weighted by Gasteiger charge is 2.16. The van der Waals surface area contributed by atoms with Crippen LogP contribution >= 0.6 is 0 Å². The molecule has 1 aliphatic heterocycles. The van der Waals surface area contributed by atoms with Gasteiger partial charge in [-0.2, -0.15) is 5.26 Å². The first-order valence-electron chi connectivity index (χ1n) is 6.58. The molecule has 2 aromatic rings. The number of aromatic nitrogens is 1. The fourth-order valence-corrected chi connectivity index (χ4v) is 2.26. The zero-order chi connectivity index (χ0) is 13.9. The third-order valence-electron chi connectivity index (χ3n) is 3.29. The standard InChI is InChI=1S/C16H14N2O2/c1-11-13(10-17)7-8-15(18-11)20-14-6-2-4-12-5-3-9-19-16(12)14/h2,4,6-8H,3,5,9H2,1H3. The van der Waals surface area contributed by atoms with Crippen LogP contribution in [0, 0.1) is 18.3 Å². The largest absolute Gasteiger partial charge is 0.489 e. The van der Waals surface area contributed by atoms with Crippen LogP contribution in [0.5, 0.6) is 17.4 Å². The fourth-order valence-electron chi connectivity index (χ4n) is 2.26. The summed E-state index contributed by atoms with van der Waals surface area (Å²) in [5.74, 6) is 1.96. The third-order valence-corrected chi connectivity index (χ3v) is 3.29. The number of hydrogen-bond donors (Lipinski definition) is 0. The van der Waals surface area contributed by atoms with Crippen molar-refractivity contribution in [1.82, 2.24) is 4.98 Å². The van der Waals surface area contributed by atoms with Gasteiger partial charge in [-0.15, -0.1) is 0 Å². The zero-order valence-electron chi connectivity index (χ0n) is 11.2. The molecule has 0 saturated heterocycles. The van der Waals surface area contributed by atoms with Crippen molar-refractivity contribution in [3.05, 3.63) is 47.2 Å². The lowest BCUT2D eigenvalue weighted by atomic mass is 10.1. The molecule has 1 aromatic carbocycles. The molecular weight excluding hydrogens is 252 g/mol. The molecule has 1 aromatic heterocycles. The Balaban J connectivity index is 1.92. The first-order valence-corrected chi connectivity index (χ1v) is 6.58. The number of pyridine rings is 1. The Kier molecular flexibility index (Phi) is 3.26. The number of para-hydroxylation sites is 1. The molecule has 100 valence electrons. The van der Waals surface area contributed by atoms with Crippen molar-refractivity contribution in [2.45, 2.75) is 19.8 Å². The SMILES string of the molecule is Cc1nc(Oc2cccc3c2OCCC3)ccc1C#N. The molecule has 2 heterocycles. The predicted octanol–water partition coefficient (Wildman–Crippen LogP) is 3.38. The number of ether oxygens (including phenoxy) is 2. The summed E-state index contributed by atoms with van der Waals surface area (Å²) in [5.41, 5.74) is 2.39. The minimum atomic E-state index is 0.476. The average Bonchev–Trinajstić information content (AvgIpc) is 2.48. The molecule has 0 radical (unpaired) electrons. The van der Waals surface area contributed by atoms with E-state index in [0.717, 1.165) is 18.6 Å². The van der Waals surface area contributed by atoms with Gasteiger partial charge >= 0.3 is 0 Å². The van der Waals surface area contributed by atoms with Crippen molar-refractivity contribution < 1.29 is 9.47 Å². The summed E-state index contributed by atoms with van der Waals surface area (Å²) in [7, 11) is 0. The molecule has 4 nitrogen and oxygen atoms in total. The van der Waals surface area contributed by atoms with E-state index in [1.807, 2.05) is 12.1 Å². The lowest BCUT2D eigenvalue weighted by Crippen LogP contribution is -2.09. The number of benzene rings is 1. The van der Waals surface area contributed by atoms with E-state index >= 15 is 0 Å². The maximum Gasteiger partial charge on any atom is 0.219 e. The minimum Gasteiger partial charge on any atom is -0.489 e. The average molecular weight is 266 g/mol. The van der Waals surface area contributed by atoms with Gasteiger partial charge in [-0.3, -0.25) is 0 Å². The Morgan fingerprint density at radius 2 is 2.20 bits per heavy atom. The van der Waals surface area contributed by atoms with Gasteiger partial charge in [0, 0.05) is 6.07 Å². The molecule has 0 spiro atoms. The molecule has 0 fully saturated rings. The summed E-state index contributed by atoms with van der Waals surface area (Å²) >= 11 is 0. The smallest absolute Gasteiger partial charge is 0.219 e. The maximum absolute atomic E-state index is 8.91. The van der Waals surface area contributed by atoms with Crippen LogP contribution in [0.25, 0.3) is 0 Å². The second kappa shape index (κ2) is 5.22. The topological polar surface area (TPSA) is 55.1 Å². The molecule has 3 rings (SSSR count). The lowest BCUT2D eigenvalue weighted by molar-refractivity contribution is 0.274. The normalized spacial score (nSPS) is 13.0. The molecule has 0 saturated carbocycles. The van der Waals surface area contributed by atoms with Gasteiger partial charge in [-0.1, -0.05) is 12.1 Å². The number of aryl methyl sites for hydroxylation is 2. The van der Waals surface area contributed by atoms with Crippen LogP contribution in [0.15, 0.2) is 30.3 Å². The summed E-state index contributed by atoms with van der Waals surface area (Å²) < 4.78 is 11.5. The molecular formula is C16H14N2O2. The first-order chi connectivity index (χ1) is 9.78. The van der Waals surface area contributed by atoms with E-state index in [1.54, 1.807) is 19.1 Å². The van der Waals surface area contributed by atoms with Crippen molar-refractivity contribution in [3.8, 4) is 23.4 Å². The highest BCUT2D eigenvalue weighted by molar-refractivity contribution is 5.49. The van der Waals surface area contributed by atoms with Crippen molar-refractivity contribution in [1.29, 1.82) is 5.26 Å². The Morgan fingerprint density at radius 1 is 1.30 bits per heavy atom. The van der Waals surface area contributed by atoms with Crippen molar-refractivity contribution >= 4 is 0 Å². The summed E-state index contributed by atoms with van der Waals surface area (Å²) in [6.07, 6.45) is 2.04. The van der Waals surface area contributed by atoms with E-state index in [4.69, 9.17) is 14.7 Å². The highest BCUT2D eigenvalue weighted by atomic mass is 16.5. The van der Waals surface area contributed by atoms with E-state index in [-0.39, 0.29) is 0 Å². The van der Waals surface area contributed by atoms with Crippen LogP contribution in [-0.2, 0) is 6.42 Å². The van der Waals surface area contributed by atoms with Gasteiger partial charge in [0.05, 0.1) is 17.9 Å². The van der Waals surface area contributed by atoms with Crippen molar-refractivity contribution in [2.75, 3.05) is 6.61 Å². The van der Waals surface area contributed by atoms with E-state index in [0.29, 0.717) is 29.5 Å². The molecule has 0 atom stereocenters. The molecule has 0 unspecified atom stereocenters. The molecule has 0 bridgehead atoms. The number of hydrogen-bond acceptors (Lipinski definition) is 4. The summed E-state index contributed by atoms with van der Waals surface area (Å²) in [5, 5.41) is 8.91. The minimum absolute atomic E-state index is 0.476. The summed E-state index contributed by atoms with van der Waals surface area (Å²) in [6, 6.07) is 11.4. The molecule has 0 amide bonds. The van der Waals surface area contributed by atoms with Crippen LogP contribution in [0.1, 0.15) is 23.2 Å². The van der Waals surface area contributed by atoms with Gasteiger partial charge in [0.15, 0.2) is 11.5 Å². The van der Waals surface area contributed by atoms with Gasteiger partial charge in [0.2, 0.25) is 5.88 Å². The van der Waals surface area contributed by atoms with Gasteiger partial charge < -0.3 is 9.47 Å². The third kappa shape index (κ3) is 2.30. The quantitative estimate of drug-likeness (QED) is 0.836. The fraction of sp³-hybridized carbons (Fsp3) is 0.250. The highest BCUT2D eigenvalue weighted by Crippen LogP contribution is 2.37. The first kappa shape index (κ1) is 12.5. The molecule has 0 N–H and O–H groups in total. The molecule has 20 heavy (non-hydrogen) atoms. The van der Waals surface area contributed by atoms with Gasteiger partial charge in [0.1, 0.15) is 6.07 Å². The molecule has 0 aliphatic carbocycles. The molecule has 1 aliphatic rings. The maximum atomic E-state index is 8.91. The Morgan fingerprint density at radius 3 is 3.00 bits per heavy atom. The van der Waals surface area contributed by atoms with Crippen LogP contribution in [0.4, 0.5) is 0 Å². The van der Waals surface area contributed by atoms with Crippen LogP contribution in [-0.4, -0.2) is 11.6 Å². The monoisotopic (exact) mass is 266 g/mol. The van der Waals surface area contributed by atoms with Gasteiger partial charge in [-0.05, 0) is 37.5 Å². The second-order valence-electron chi connectivity index (χ2n) is 4.69. The van der Waals surface area contributed by atoms with Crippen LogP contribution < -0.4 is 9.47 Å². The zero-order valence-corrected chi connectivity index (χ0v) is 11.2. The van der Waals surface area contributed by atoms with Crippen LogP contribution in [0.3, 0.4) is 0 Å². The van der Waals surface area contributed by atoms with Crippen LogP contribution in [0.2, 0.25) is 0 Å². The second-order valence-corrected chi connectivity index (χ2v) is 4.69. The lowest BCUT2D eigenvalue weighted by Gasteiger charge is -2.19. The Bertz CT molecular complexity index is 689. The van der Waals surface area contributed by atoms with Gasteiger partial charge in [-0.25, -0.2) is 4.98 Å². The van der Waals surface area contributed by atoms with E-state index in [1.165, 1.54) is 5.56 Å². The van der Waals surface area contributed by atoms with Crippen molar-refractivity contribution in [2.24, 2.45) is 0 Å². The number of nitriles is 1. The number of fused-ring (bicyclic) bond motifs is 1. The summed E-state index contributed by atoms with van der Waals surface area (Å²) in [6.45, 7) is 2.51.